The Balaban J connectivity index is 1.49. The highest BCUT2D eigenvalue weighted by Gasteiger charge is 2.23. The van der Waals surface area contributed by atoms with Crippen molar-refractivity contribution in [2.24, 2.45) is 0 Å². The van der Waals surface area contributed by atoms with E-state index >= 15 is 0 Å². The second kappa shape index (κ2) is 6.20. The van der Waals surface area contributed by atoms with Crippen LogP contribution in [-0.2, 0) is 17.6 Å². The van der Waals surface area contributed by atoms with Crippen LogP contribution in [0.1, 0.15) is 45.4 Å². The maximum Gasteiger partial charge on any atom is 0.374 e. The van der Waals surface area contributed by atoms with Crippen LogP contribution in [0.3, 0.4) is 0 Å². The first-order chi connectivity index (χ1) is 12.1. The summed E-state index contributed by atoms with van der Waals surface area (Å²) in [6.07, 6.45) is 2.34. The molecule has 0 radical (unpaired) electrons. The zero-order valence-corrected chi connectivity index (χ0v) is 14.0. The summed E-state index contributed by atoms with van der Waals surface area (Å²) in [5, 5.41) is 0.826. The summed E-state index contributed by atoms with van der Waals surface area (Å²) in [6, 6.07) is 14.7. The lowest BCUT2D eigenvalue weighted by atomic mass is 10.0. The molecule has 1 aliphatic carbocycles. The van der Waals surface area contributed by atoms with Gasteiger partial charge >= 0.3 is 5.97 Å². The number of carbonyl (C=O) groups excluding carboxylic acids is 2. The molecule has 0 saturated carbocycles. The van der Waals surface area contributed by atoms with E-state index in [0.29, 0.717) is 11.1 Å². The highest BCUT2D eigenvalue weighted by Crippen LogP contribution is 2.24. The summed E-state index contributed by atoms with van der Waals surface area (Å²) in [5.74, 6) is -0.716. The second-order valence-corrected chi connectivity index (χ2v) is 6.40. The number of Topliss-reactive ketones (excluding diaryl/α,β-unsaturated/α-hetero) is 1. The second-order valence-electron chi connectivity index (χ2n) is 6.40. The van der Waals surface area contributed by atoms with Gasteiger partial charge in [-0.05, 0) is 55.5 Å². The van der Waals surface area contributed by atoms with Crippen molar-refractivity contribution < 1.29 is 18.7 Å². The molecule has 4 rings (SSSR count). The highest BCUT2D eigenvalue weighted by atomic mass is 16.6. The molecule has 0 spiro atoms. The molecule has 3 aromatic rings. The Bertz CT molecular complexity index is 934. The zero-order chi connectivity index (χ0) is 17.4. The Morgan fingerprint density at radius 2 is 1.84 bits per heavy atom. The van der Waals surface area contributed by atoms with E-state index in [1.54, 1.807) is 19.1 Å². The Morgan fingerprint density at radius 3 is 2.68 bits per heavy atom. The van der Waals surface area contributed by atoms with Gasteiger partial charge in [0.15, 0.2) is 6.10 Å². The molecule has 0 N–H and O–H groups in total. The zero-order valence-electron chi connectivity index (χ0n) is 14.0. The summed E-state index contributed by atoms with van der Waals surface area (Å²) in [7, 11) is 0. The van der Waals surface area contributed by atoms with Crippen LogP contribution in [0.4, 0.5) is 0 Å². The molecule has 1 heterocycles. The predicted molar refractivity (Wildman–Crippen MR) is 93.9 cm³/mol. The van der Waals surface area contributed by atoms with Crippen LogP contribution >= 0.6 is 0 Å². The van der Waals surface area contributed by atoms with Gasteiger partial charge in [-0.15, -0.1) is 0 Å². The molecule has 25 heavy (non-hydrogen) atoms. The van der Waals surface area contributed by atoms with E-state index in [1.165, 1.54) is 11.1 Å². The van der Waals surface area contributed by atoms with Crippen molar-refractivity contribution in [2.45, 2.75) is 32.3 Å². The van der Waals surface area contributed by atoms with Crippen molar-refractivity contribution >= 4 is 22.7 Å². The molecule has 126 valence electrons. The summed E-state index contributed by atoms with van der Waals surface area (Å²) >= 11 is 0. The Morgan fingerprint density at radius 1 is 1.04 bits per heavy atom. The molecule has 1 atom stereocenters. The lowest BCUT2D eigenvalue weighted by Gasteiger charge is -2.12. The van der Waals surface area contributed by atoms with E-state index in [0.717, 1.165) is 24.6 Å². The third-order valence-electron chi connectivity index (χ3n) is 4.66. The largest absolute Gasteiger partial charge is 0.449 e. The Labute approximate surface area is 145 Å². The molecule has 0 fully saturated rings. The van der Waals surface area contributed by atoms with Gasteiger partial charge in [0.25, 0.3) is 0 Å². The fourth-order valence-electron chi connectivity index (χ4n) is 3.31. The summed E-state index contributed by atoms with van der Waals surface area (Å²) in [4.78, 5) is 24.9. The average Bonchev–Trinajstić information content (AvgIpc) is 3.26. The number of hydrogen-bond acceptors (Lipinski definition) is 4. The topological polar surface area (TPSA) is 56.5 Å². The quantitative estimate of drug-likeness (QED) is 0.526. The Hall–Kier alpha value is -2.88. The first-order valence-corrected chi connectivity index (χ1v) is 8.47. The van der Waals surface area contributed by atoms with Gasteiger partial charge in [-0.1, -0.05) is 30.3 Å². The van der Waals surface area contributed by atoms with E-state index in [9.17, 15) is 9.59 Å². The molecule has 4 heteroatoms. The van der Waals surface area contributed by atoms with E-state index in [4.69, 9.17) is 9.15 Å². The molecular weight excluding hydrogens is 316 g/mol. The summed E-state index contributed by atoms with van der Waals surface area (Å²) in [6.45, 7) is 1.59. The number of hydrogen-bond donors (Lipinski definition) is 0. The number of ether oxygens (including phenoxy) is 1. The minimum atomic E-state index is -0.861. The number of furan rings is 1. The molecule has 0 unspecified atom stereocenters. The van der Waals surface area contributed by atoms with Gasteiger partial charge in [0, 0.05) is 10.9 Å². The number of aryl methyl sites for hydroxylation is 2. The lowest BCUT2D eigenvalue weighted by molar-refractivity contribution is 0.0291. The fraction of sp³-hybridized carbons (Fsp3) is 0.238. The van der Waals surface area contributed by atoms with E-state index in [-0.39, 0.29) is 11.5 Å². The van der Waals surface area contributed by atoms with E-state index < -0.39 is 12.1 Å². The Kier molecular flexibility index (Phi) is 3.88. The van der Waals surface area contributed by atoms with Crippen molar-refractivity contribution in [3.63, 3.8) is 0 Å². The molecule has 1 aromatic heterocycles. The van der Waals surface area contributed by atoms with Crippen LogP contribution in [0.2, 0.25) is 0 Å². The third kappa shape index (κ3) is 2.95. The molecular formula is C21H18O4. The first-order valence-electron chi connectivity index (χ1n) is 8.47. The van der Waals surface area contributed by atoms with Crippen LogP contribution in [0, 0.1) is 0 Å². The van der Waals surface area contributed by atoms with Gasteiger partial charge < -0.3 is 9.15 Å². The molecule has 4 nitrogen and oxygen atoms in total. The van der Waals surface area contributed by atoms with Crippen molar-refractivity contribution in [1.82, 2.24) is 0 Å². The van der Waals surface area contributed by atoms with Gasteiger partial charge in [0.05, 0.1) is 0 Å². The standard InChI is InChI=1S/C21H18O4/c1-13(20(22)17-10-9-14-6-4-7-15(14)11-17)24-21(23)19-12-16-5-2-3-8-18(16)25-19/h2-3,5,8-13H,4,6-7H2,1H3/t13-/m0/s1. The maximum absolute atomic E-state index is 12.6. The molecule has 0 bridgehead atoms. The predicted octanol–water partition coefficient (Wildman–Crippen LogP) is 4.35. The van der Waals surface area contributed by atoms with Gasteiger partial charge in [-0.3, -0.25) is 4.79 Å². The maximum atomic E-state index is 12.6. The van der Waals surface area contributed by atoms with Gasteiger partial charge in [0.2, 0.25) is 11.5 Å². The minimum Gasteiger partial charge on any atom is -0.449 e. The molecule has 2 aromatic carbocycles. The van der Waals surface area contributed by atoms with Crippen molar-refractivity contribution in [3.8, 4) is 0 Å². The number of ketones is 1. The average molecular weight is 334 g/mol. The smallest absolute Gasteiger partial charge is 0.374 e. The summed E-state index contributed by atoms with van der Waals surface area (Å²) < 4.78 is 10.8. The highest BCUT2D eigenvalue weighted by molar-refractivity contribution is 6.01. The van der Waals surface area contributed by atoms with Gasteiger partial charge in [-0.25, -0.2) is 4.79 Å². The number of carbonyl (C=O) groups is 2. The number of benzene rings is 2. The fourth-order valence-corrected chi connectivity index (χ4v) is 3.31. The molecule has 0 amide bonds. The van der Waals surface area contributed by atoms with Crippen LogP contribution < -0.4 is 0 Å². The number of rotatable bonds is 4. The molecule has 1 aliphatic rings. The summed E-state index contributed by atoms with van der Waals surface area (Å²) in [5.41, 5.74) is 3.74. The number of fused-ring (bicyclic) bond motifs is 2. The van der Waals surface area contributed by atoms with Crippen LogP contribution in [0.5, 0.6) is 0 Å². The van der Waals surface area contributed by atoms with E-state index in [2.05, 4.69) is 0 Å². The van der Waals surface area contributed by atoms with Crippen molar-refractivity contribution in [2.75, 3.05) is 0 Å². The van der Waals surface area contributed by atoms with Crippen molar-refractivity contribution in [1.29, 1.82) is 0 Å². The lowest BCUT2D eigenvalue weighted by Crippen LogP contribution is -2.24. The van der Waals surface area contributed by atoms with Gasteiger partial charge in [0.1, 0.15) is 5.58 Å². The number of esters is 1. The van der Waals surface area contributed by atoms with Crippen molar-refractivity contribution in [3.05, 3.63) is 71.0 Å². The minimum absolute atomic E-state index is 0.106. The number of para-hydroxylation sites is 1. The SMILES string of the molecule is C[C@H](OC(=O)c1cc2ccccc2o1)C(=O)c1ccc2c(c1)CCC2. The molecule has 0 aliphatic heterocycles. The van der Waals surface area contributed by atoms with Gasteiger partial charge in [-0.2, -0.15) is 0 Å². The van der Waals surface area contributed by atoms with Crippen LogP contribution in [-0.4, -0.2) is 17.9 Å². The van der Waals surface area contributed by atoms with Crippen LogP contribution in [0.25, 0.3) is 11.0 Å². The monoisotopic (exact) mass is 334 g/mol. The third-order valence-corrected chi connectivity index (χ3v) is 4.66. The molecule has 0 saturated heterocycles. The normalized spacial score (nSPS) is 14.3. The van der Waals surface area contributed by atoms with Crippen LogP contribution in [0.15, 0.2) is 52.9 Å². The first kappa shape index (κ1) is 15.6. The van der Waals surface area contributed by atoms with E-state index in [1.807, 2.05) is 36.4 Å².